The van der Waals surface area contributed by atoms with Gasteiger partial charge >= 0.3 is 5.97 Å². The molecule has 4 rings (SSSR count). The fourth-order valence-corrected chi connectivity index (χ4v) is 4.78. The molecule has 0 bridgehead atoms. The Morgan fingerprint density at radius 1 is 1.21 bits per heavy atom. The minimum Gasteiger partial charge on any atom is -0.487 e. The van der Waals surface area contributed by atoms with E-state index in [9.17, 15) is 9.18 Å². The van der Waals surface area contributed by atoms with Gasteiger partial charge in [0.2, 0.25) is 0 Å². The number of benzene rings is 2. The number of rotatable bonds is 4. The van der Waals surface area contributed by atoms with E-state index in [0.717, 1.165) is 23.3 Å². The van der Waals surface area contributed by atoms with Crippen LogP contribution < -0.4 is 4.74 Å². The molecule has 0 aliphatic carbocycles. The van der Waals surface area contributed by atoms with Gasteiger partial charge in [-0.05, 0) is 62.9 Å². The van der Waals surface area contributed by atoms with E-state index in [1.165, 1.54) is 6.07 Å². The van der Waals surface area contributed by atoms with Crippen LogP contribution in [0.5, 0.6) is 5.75 Å². The van der Waals surface area contributed by atoms with Crippen molar-refractivity contribution in [2.24, 2.45) is 5.92 Å². The Hall–Kier alpha value is -2.40. The van der Waals surface area contributed by atoms with Crippen molar-refractivity contribution < 1.29 is 23.8 Å². The van der Waals surface area contributed by atoms with Crippen molar-refractivity contribution in [2.45, 2.75) is 63.8 Å². The highest BCUT2D eigenvalue weighted by atomic mass is 19.1. The minimum absolute atomic E-state index is 0.0444. The lowest BCUT2D eigenvalue weighted by atomic mass is 9.70. The van der Waals surface area contributed by atoms with Crippen LogP contribution in [0.4, 0.5) is 4.39 Å². The average molecular weight is 398 g/mol. The Kier molecular flexibility index (Phi) is 5.11. The van der Waals surface area contributed by atoms with Crippen LogP contribution in [-0.2, 0) is 16.0 Å². The summed E-state index contributed by atoms with van der Waals surface area (Å²) in [5.74, 6) is -0.208. The van der Waals surface area contributed by atoms with Gasteiger partial charge in [0.05, 0.1) is 12.2 Å². The molecule has 5 heteroatoms. The molecule has 0 radical (unpaired) electrons. The molecule has 0 unspecified atom stereocenters. The van der Waals surface area contributed by atoms with Crippen molar-refractivity contribution in [1.29, 1.82) is 0 Å². The minimum atomic E-state index is -0.812. The SMILES string of the molecule is C[C@@H]1O[C@@H]2c3cc(CCC(=O)O)ccc3OC(C)(C)[C@H]2C[C@H]1c1ccccc1F. The van der Waals surface area contributed by atoms with E-state index < -0.39 is 11.6 Å². The van der Waals surface area contributed by atoms with Gasteiger partial charge in [0.25, 0.3) is 0 Å². The first-order valence-corrected chi connectivity index (χ1v) is 10.2. The molecule has 2 aliphatic rings. The summed E-state index contributed by atoms with van der Waals surface area (Å²) in [4.78, 5) is 10.9. The number of carbonyl (C=O) groups is 1. The molecule has 4 nitrogen and oxygen atoms in total. The van der Waals surface area contributed by atoms with E-state index in [0.29, 0.717) is 12.0 Å². The van der Waals surface area contributed by atoms with Crippen LogP contribution >= 0.6 is 0 Å². The predicted octanol–water partition coefficient (Wildman–Crippen LogP) is 5.26. The third kappa shape index (κ3) is 3.76. The molecule has 154 valence electrons. The van der Waals surface area contributed by atoms with Crippen LogP contribution in [0.3, 0.4) is 0 Å². The summed E-state index contributed by atoms with van der Waals surface area (Å²) in [5.41, 5.74) is 2.16. The smallest absolute Gasteiger partial charge is 0.303 e. The fraction of sp³-hybridized carbons (Fsp3) is 0.458. The standard InChI is InChI=1S/C24H27FO4/c1-14-17(16-6-4-5-7-20(16)25)13-19-23(28-14)18-12-15(9-11-22(26)27)8-10-21(18)29-24(19,2)3/h4-8,10,12,14,17,19,23H,9,11,13H2,1-3H3,(H,26,27)/t14-,17+,19-,23+/m0/s1. The van der Waals surface area contributed by atoms with Gasteiger partial charge < -0.3 is 14.6 Å². The van der Waals surface area contributed by atoms with Gasteiger partial charge in [0.15, 0.2) is 0 Å². The Labute approximate surface area is 170 Å². The number of hydrogen-bond acceptors (Lipinski definition) is 3. The molecule has 0 amide bonds. The Morgan fingerprint density at radius 3 is 2.69 bits per heavy atom. The molecular weight excluding hydrogens is 371 g/mol. The number of fused-ring (bicyclic) bond motifs is 3. The molecule has 1 saturated heterocycles. The Bertz CT molecular complexity index is 923. The number of halogens is 1. The van der Waals surface area contributed by atoms with E-state index in [4.69, 9.17) is 14.6 Å². The normalized spacial score (nSPS) is 27.4. The predicted molar refractivity (Wildman–Crippen MR) is 108 cm³/mol. The second-order valence-electron chi connectivity index (χ2n) is 8.70. The van der Waals surface area contributed by atoms with Crippen molar-refractivity contribution in [2.75, 3.05) is 0 Å². The highest BCUT2D eigenvalue weighted by Crippen LogP contribution is 2.54. The lowest BCUT2D eigenvalue weighted by Gasteiger charge is -2.50. The number of aliphatic carboxylic acids is 1. The lowest BCUT2D eigenvalue weighted by molar-refractivity contribution is -0.153. The van der Waals surface area contributed by atoms with Gasteiger partial charge in [-0.15, -0.1) is 0 Å². The molecule has 2 aliphatic heterocycles. The van der Waals surface area contributed by atoms with E-state index in [1.54, 1.807) is 6.07 Å². The molecule has 2 aromatic carbocycles. The van der Waals surface area contributed by atoms with Crippen molar-refractivity contribution in [1.82, 2.24) is 0 Å². The number of carboxylic acids is 1. The van der Waals surface area contributed by atoms with Crippen LogP contribution in [0, 0.1) is 11.7 Å². The topological polar surface area (TPSA) is 55.8 Å². The van der Waals surface area contributed by atoms with Crippen LogP contribution in [0.15, 0.2) is 42.5 Å². The van der Waals surface area contributed by atoms with Crippen LogP contribution in [0.1, 0.15) is 62.3 Å². The highest BCUT2D eigenvalue weighted by molar-refractivity contribution is 5.67. The summed E-state index contributed by atoms with van der Waals surface area (Å²) >= 11 is 0. The molecule has 29 heavy (non-hydrogen) atoms. The van der Waals surface area contributed by atoms with Gasteiger partial charge in [-0.1, -0.05) is 24.3 Å². The Morgan fingerprint density at radius 2 is 1.97 bits per heavy atom. The summed E-state index contributed by atoms with van der Waals surface area (Å²) in [6.45, 7) is 6.12. The van der Waals surface area contributed by atoms with Crippen LogP contribution in [0.25, 0.3) is 0 Å². The molecule has 2 aromatic rings. The number of aryl methyl sites for hydroxylation is 1. The molecule has 4 atom stereocenters. The fourth-order valence-electron chi connectivity index (χ4n) is 4.78. The van der Waals surface area contributed by atoms with Crippen molar-refractivity contribution in [3.63, 3.8) is 0 Å². The molecular formula is C24H27FO4. The molecule has 1 N–H and O–H groups in total. The summed E-state index contributed by atoms with van der Waals surface area (Å²) in [5, 5.41) is 8.98. The van der Waals surface area contributed by atoms with E-state index in [1.807, 2.05) is 37.3 Å². The van der Waals surface area contributed by atoms with Crippen molar-refractivity contribution in [3.8, 4) is 5.75 Å². The third-order valence-corrected chi connectivity index (χ3v) is 6.38. The summed E-state index contributed by atoms with van der Waals surface area (Å²) in [7, 11) is 0. The van der Waals surface area contributed by atoms with E-state index >= 15 is 0 Å². The maximum absolute atomic E-state index is 14.5. The van der Waals surface area contributed by atoms with Gasteiger partial charge in [-0.25, -0.2) is 4.39 Å². The quantitative estimate of drug-likeness (QED) is 0.763. The maximum atomic E-state index is 14.5. The summed E-state index contributed by atoms with van der Waals surface area (Å²) in [6, 6.07) is 12.8. The highest BCUT2D eigenvalue weighted by Gasteiger charge is 2.50. The first-order chi connectivity index (χ1) is 13.8. The zero-order valence-corrected chi connectivity index (χ0v) is 17.0. The monoisotopic (exact) mass is 398 g/mol. The third-order valence-electron chi connectivity index (χ3n) is 6.38. The number of carboxylic acid groups (broad SMARTS) is 1. The zero-order valence-electron chi connectivity index (χ0n) is 17.0. The summed E-state index contributed by atoms with van der Waals surface area (Å²) in [6.07, 6.45) is 1.02. The lowest BCUT2D eigenvalue weighted by Crippen LogP contribution is -2.50. The zero-order chi connectivity index (χ0) is 20.8. The van der Waals surface area contributed by atoms with Gasteiger partial charge in [0.1, 0.15) is 17.2 Å². The number of ether oxygens (including phenoxy) is 2. The average Bonchev–Trinajstić information content (AvgIpc) is 2.66. The van der Waals surface area contributed by atoms with Crippen molar-refractivity contribution in [3.05, 3.63) is 65.0 Å². The molecule has 0 aromatic heterocycles. The number of hydrogen-bond donors (Lipinski definition) is 1. The molecule has 2 heterocycles. The van der Waals surface area contributed by atoms with E-state index in [2.05, 4.69) is 13.8 Å². The maximum Gasteiger partial charge on any atom is 0.303 e. The van der Waals surface area contributed by atoms with Crippen molar-refractivity contribution >= 4 is 5.97 Å². The second-order valence-corrected chi connectivity index (χ2v) is 8.70. The largest absolute Gasteiger partial charge is 0.487 e. The van der Waals surface area contributed by atoms with Gasteiger partial charge in [-0.2, -0.15) is 0 Å². The molecule has 0 saturated carbocycles. The molecule has 1 fully saturated rings. The van der Waals surface area contributed by atoms with Gasteiger partial charge in [-0.3, -0.25) is 4.79 Å². The van der Waals surface area contributed by atoms with Gasteiger partial charge in [0, 0.05) is 23.8 Å². The summed E-state index contributed by atoms with van der Waals surface area (Å²) < 4.78 is 27.3. The van der Waals surface area contributed by atoms with Crippen LogP contribution in [0.2, 0.25) is 0 Å². The first kappa shape index (κ1) is 19.9. The second kappa shape index (κ2) is 7.45. The Balaban J connectivity index is 1.67. The first-order valence-electron chi connectivity index (χ1n) is 10.2. The van der Waals surface area contributed by atoms with E-state index in [-0.39, 0.29) is 36.3 Å². The molecule has 0 spiro atoms. The van der Waals surface area contributed by atoms with Crippen LogP contribution in [-0.4, -0.2) is 22.8 Å².